The zero-order valence-corrected chi connectivity index (χ0v) is 13.3. The number of fused-ring (bicyclic) bond motifs is 1. The number of aromatic hydroxyl groups is 1. The van der Waals surface area contributed by atoms with Gasteiger partial charge in [-0.05, 0) is 18.2 Å². The lowest BCUT2D eigenvalue weighted by atomic mass is 10.2. The van der Waals surface area contributed by atoms with Crippen molar-refractivity contribution in [3.8, 4) is 17.4 Å². The number of ether oxygens (including phenoxy) is 2. The summed E-state index contributed by atoms with van der Waals surface area (Å²) in [6, 6.07) is 13.2. The van der Waals surface area contributed by atoms with Gasteiger partial charge in [0.25, 0.3) is 0 Å². The predicted molar refractivity (Wildman–Crippen MR) is 91.4 cm³/mol. The van der Waals surface area contributed by atoms with Crippen LogP contribution in [0.25, 0.3) is 10.9 Å². The van der Waals surface area contributed by atoms with Gasteiger partial charge in [-0.3, -0.25) is 4.99 Å². The first-order valence-electron chi connectivity index (χ1n) is 7.18. The lowest BCUT2D eigenvalue weighted by Gasteiger charge is -2.06. The fraction of sp³-hybridized carbons (Fsp3) is 0.167. The van der Waals surface area contributed by atoms with Crippen molar-refractivity contribution in [1.29, 1.82) is 0 Å². The highest BCUT2D eigenvalue weighted by molar-refractivity contribution is 6.03. The average Bonchev–Trinajstić information content (AvgIpc) is 2.84. The molecule has 23 heavy (non-hydrogen) atoms. The summed E-state index contributed by atoms with van der Waals surface area (Å²) < 4.78 is 12.3. The van der Waals surface area contributed by atoms with E-state index >= 15 is 0 Å². The first-order valence-corrected chi connectivity index (χ1v) is 7.18. The summed E-state index contributed by atoms with van der Waals surface area (Å²) in [5.41, 5.74) is 2.26. The van der Waals surface area contributed by atoms with Gasteiger partial charge in [-0.25, -0.2) is 0 Å². The number of benzene rings is 2. The third-order valence-electron chi connectivity index (χ3n) is 3.83. The maximum Gasteiger partial charge on any atom is 0.200 e. The molecule has 3 aromatic rings. The Bertz CT molecular complexity index is 881. The van der Waals surface area contributed by atoms with Crippen molar-refractivity contribution in [3.05, 3.63) is 48.0 Å². The summed E-state index contributed by atoms with van der Waals surface area (Å²) in [6.07, 6.45) is 1.65. The Hall–Kier alpha value is -2.95. The molecule has 1 heterocycles. The first-order chi connectivity index (χ1) is 11.2. The van der Waals surface area contributed by atoms with Crippen LogP contribution in [0.15, 0.2) is 47.5 Å². The van der Waals surface area contributed by atoms with Crippen LogP contribution in [-0.4, -0.2) is 30.1 Å². The molecule has 1 aromatic heterocycles. The molecule has 118 valence electrons. The Balaban J connectivity index is 2.09. The van der Waals surface area contributed by atoms with E-state index in [0.717, 1.165) is 10.9 Å². The molecule has 2 aromatic carbocycles. The van der Waals surface area contributed by atoms with Gasteiger partial charge in [0.15, 0.2) is 0 Å². The molecular formula is C18H18N2O3. The Morgan fingerprint density at radius 1 is 1.09 bits per heavy atom. The highest BCUT2D eigenvalue weighted by atomic mass is 16.5. The number of methoxy groups -OCH3 is 2. The van der Waals surface area contributed by atoms with Gasteiger partial charge >= 0.3 is 0 Å². The molecular weight excluding hydrogens is 292 g/mol. The molecule has 0 atom stereocenters. The molecule has 0 saturated carbocycles. The van der Waals surface area contributed by atoms with Crippen molar-refractivity contribution in [3.63, 3.8) is 0 Å². The number of aliphatic imine (C=N–C) groups is 1. The summed E-state index contributed by atoms with van der Waals surface area (Å²) in [4.78, 5) is 4.48. The van der Waals surface area contributed by atoms with Crippen molar-refractivity contribution in [1.82, 2.24) is 4.57 Å². The number of aryl methyl sites for hydroxylation is 1. The van der Waals surface area contributed by atoms with E-state index in [1.54, 1.807) is 37.1 Å². The minimum atomic E-state index is 0.178. The van der Waals surface area contributed by atoms with Crippen LogP contribution in [0.3, 0.4) is 0 Å². The van der Waals surface area contributed by atoms with Crippen molar-refractivity contribution in [2.75, 3.05) is 14.2 Å². The zero-order valence-electron chi connectivity index (χ0n) is 13.3. The van der Waals surface area contributed by atoms with Crippen molar-refractivity contribution < 1.29 is 14.6 Å². The molecule has 0 fully saturated rings. The second kappa shape index (κ2) is 6.04. The van der Waals surface area contributed by atoms with Crippen LogP contribution in [0.2, 0.25) is 0 Å². The molecule has 5 heteroatoms. The Morgan fingerprint density at radius 2 is 1.87 bits per heavy atom. The average molecular weight is 310 g/mol. The Labute approximate surface area is 134 Å². The molecule has 0 aliphatic rings. The molecule has 0 bridgehead atoms. The standard InChI is InChI=1S/C18H18N2O3/c1-20-16-7-5-4-6-13(16)14(18(20)21)11-19-15-10-12(22-2)8-9-17(15)23-3/h4-11,21H,1-3H3. The minimum Gasteiger partial charge on any atom is -0.497 e. The van der Waals surface area contributed by atoms with Crippen LogP contribution in [0, 0.1) is 0 Å². The summed E-state index contributed by atoms with van der Waals surface area (Å²) in [5, 5.41) is 11.3. The monoisotopic (exact) mass is 310 g/mol. The van der Waals surface area contributed by atoms with Gasteiger partial charge in [-0.1, -0.05) is 18.2 Å². The van der Waals surface area contributed by atoms with E-state index in [9.17, 15) is 5.11 Å². The molecule has 3 rings (SSSR count). The number of aromatic nitrogens is 1. The molecule has 1 N–H and O–H groups in total. The van der Waals surface area contributed by atoms with Crippen LogP contribution in [0.5, 0.6) is 17.4 Å². The van der Waals surface area contributed by atoms with E-state index in [1.807, 2.05) is 37.4 Å². The largest absolute Gasteiger partial charge is 0.497 e. The molecule has 0 radical (unpaired) electrons. The lowest BCUT2D eigenvalue weighted by Crippen LogP contribution is -1.88. The second-order valence-corrected chi connectivity index (χ2v) is 5.11. The summed E-state index contributed by atoms with van der Waals surface area (Å²) >= 11 is 0. The van der Waals surface area contributed by atoms with Gasteiger partial charge in [-0.2, -0.15) is 0 Å². The van der Waals surface area contributed by atoms with E-state index in [4.69, 9.17) is 9.47 Å². The Morgan fingerprint density at radius 3 is 2.61 bits per heavy atom. The fourth-order valence-electron chi connectivity index (χ4n) is 2.57. The maximum atomic E-state index is 10.3. The SMILES string of the molecule is COc1ccc(OC)c(N=Cc2c(O)n(C)c3ccccc23)c1. The molecule has 0 aliphatic carbocycles. The highest BCUT2D eigenvalue weighted by Gasteiger charge is 2.12. The molecule has 0 unspecified atom stereocenters. The number of para-hydroxylation sites is 1. The number of rotatable bonds is 4. The second-order valence-electron chi connectivity index (χ2n) is 5.11. The van der Waals surface area contributed by atoms with Crippen molar-refractivity contribution in [2.45, 2.75) is 0 Å². The maximum absolute atomic E-state index is 10.3. The van der Waals surface area contributed by atoms with Crippen molar-refractivity contribution in [2.24, 2.45) is 12.0 Å². The van der Waals surface area contributed by atoms with Gasteiger partial charge in [0.2, 0.25) is 5.88 Å². The smallest absolute Gasteiger partial charge is 0.200 e. The summed E-state index contributed by atoms with van der Waals surface area (Å²) in [6.45, 7) is 0. The van der Waals surface area contributed by atoms with E-state index in [2.05, 4.69) is 4.99 Å². The van der Waals surface area contributed by atoms with E-state index in [-0.39, 0.29) is 5.88 Å². The van der Waals surface area contributed by atoms with Gasteiger partial charge in [-0.15, -0.1) is 0 Å². The van der Waals surface area contributed by atoms with E-state index in [0.29, 0.717) is 22.7 Å². The van der Waals surface area contributed by atoms with Crippen LogP contribution < -0.4 is 9.47 Å². The molecule has 0 spiro atoms. The van der Waals surface area contributed by atoms with E-state index < -0.39 is 0 Å². The topological polar surface area (TPSA) is 56.0 Å². The highest BCUT2D eigenvalue weighted by Crippen LogP contribution is 2.33. The van der Waals surface area contributed by atoms with Gasteiger partial charge in [0.05, 0.1) is 25.3 Å². The normalized spacial score (nSPS) is 11.3. The number of hydrogen-bond donors (Lipinski definition) is 1. The molecule has 0 saturated heterocycles. The van der Waals surface area contributed by atoms with Crippen LogP contribution in [0.1, 0.15) is 5.56 Å². The third kappa shape index (κ3) is 2.61. The summed E-state index contributed by atoms with van der Waals surface area (Å²) in [7, 11) is 5.02. The van der Waals surface area contributed by atoms with Crippen LogP contribution in [0.4, 0.5) is 5.69 Å². The minimum absolute atomic E-state index is 0.178. The van der Waals surface area contributed by atoms with E-state index in [1.165, 1.54) is 0 Å². The zero-order chi connectivity index (χ0) is 16.4. The Kier molecular flexibility index (Phi) is 3.93. The first kappa shape index (κ1) is 15.0. The number of nitrogens with zero attached hydrogens (tertiary/aromatic N) is 2. The summed E-state index contributed by atoms with van der Waals surface area (Å²) in [5.74, 6) is 1.51. The fourth-order valence-corrected chi connectivity index (χ4v) is 2.57. The molecule has 0 aliphatic heterocycles. The van der Waals surface area contributed by atoms with Gasteiger partial charge in [0, 0.05) is 24.7 Å². The van der Waals surface area contributed by atoms with Crippen molar-refractivity contribution >= 4 is 22.8 Å². The van der Waals surface area contributed by atoms with Crippen LogP contribution in [-0.2, 0) is 7.05 Å². The van der Waals surface area contributed by atoms with Crippen LogP contribution >= 0.6 is 0 Å². The molecule has 5 nitrogen and oxygen atoms in total. The predicted octanol–water partition coefficient (Wildman–Crippen LogP) is 3.65. The van der Waals surface area contributed by atoms with Gasteiger partial charge < -0.3 is 19.1 Å². The number of hydrogen-bond acceptors (Lipinski definition) is 4. The lowest BCUT2D eigenvalue weighted by molar-refractivity contribution is 0.404. The third-order valence-corrected chi connectivity index (χ3v) is 3.83. The quantitative estimate of drug-likeness (QED) is 0.748. The molecule has 0 amide bonds. The van der Waals surface area contributed by atoms with Gasteiger partial charge in [0.1, 0.15) is 17.2 Å².